The quantitative estimate of drug-likeness (QED) is 0.911. The largest absolute Gasteiger partial charge is 0.478 e. The highest BCUT2D eigenvalue weighted by atomic mass is 16.4. The second-order valence-electron chi connectivity index (χ2n) is 5.86. The molecule has 1 saturated carbocycles. The number of aromatic amines is 1. The van der Waals surface area contributed by atoms with Crippen molar-refractivity contribution in [1.82, 2.24) is 9.55 Å². The maximum Gasteiger partial charge on any atom is 0.335 e. The van der Waals surface area contributed by atoms with E-state index in [1.54, 1.807) is 16.7 Å². The number of benzene rings is 1. The number of carbonyl (C=O) groups is 1. The van der Waals surface area contributed by atoms with E-state index in [-0.39, 0.29) is 17.3 Å². The zero-order valence-electron chi connectivity index (χ0n) is 12.1. The number of hydrogen-bond acceptors (Lipinski definition) is 2. The topological polar surface area (TPSA) is 75.1 Å². The summed E-state index contributed by atoms with van der Waals surface area (Å²) in [6.45, 7) is 2.16. The number of aromatic nitrogens is 2. The Hall–Kier alpha value is -2.04. The molecule has 5 nitrogen and oxygen atoms in total. The first-order valence-corrected chi connectivity index (χ1v) is 7.59. The molecule has 2 atom stereocenters. The van der Waals surface area contributed by atoms with Crippen molar-refractivity contribution < 1.29 is 9.90 Å². The Morgan fingerprint density at radius 3 is 2.86 bits per heavy atom. The van der Waals surface area contributed by atoms with Crippen molar-refractivity contribution in [3.05, 3.63) is 34.2 Å². The maximum absolute atomic E-state index is 12.3. The smallest absolute Gasteiger partial charge is 0.335 e. The SMILES string of the molecule is CCC1CCCCC1n1c(=O)[nH]c2ccc(C(=O)O)cc21. The average molecular weight is 288 g/mol. The number of nitrogens with zero attached hydrogens (tertiary/aromatic N) is 1. The highest BCUT2D eigenvalue weighted by molar-refractivity contribution is 5.92. The molecule has 2 aromatic rings. The summed E-state index contributed by atoms with van der Waals surface area (Å²) in [5.74, 6) is -0.475. The van der Waals surface area contributed by atoms with Crippen molar-refractivity contribution >= 4 is 17.0 Å². The zero-order valence-corrected chi connectivity index (χ0v) is 12.1. The number of carboxylic acid groups (broad SMARTS) is 1. The lowest BCUT2D eigenvalue weighted by molar-refractivity contribution is 0.0697. The molecule has 5 heteroatoms. The van der Waals surface area contributed by atoms with Gasteiger partial charge >= 0.3 is 11.7 Å². The average Bonchev–Trinajstić information content (AvgIpc) is 2.81. The van der Waals surface area contributed by atoms with E-state index >= 15 is 0 Å². The van der Waals surface area contributed by atoms with E-state index in [1.165, 1.54) is 12.5 Å². The Balaban J connectivity index is 2.16. The third-order valence-corrected chi connectivity index (χ3v) is 4.69. The summed E-state index contributed by atoms with van der Waals surface area (Å²) >= 11 is 0. The first-order chi connectivity index (χ1) is 10.1. The van der Waals surface area contributed by atoms with Gasteiger partial charge in [-0.1, -0.05) is 26.2 Å². The van der Waals surface area contributed by atoms with Crippen molar-refractivity contribution in [3.63, 3.8) is 0 Å². The summed E-state index contributed by atoms with van der Waals surface area (Å²) < 4.78 is 1.79. The Bertz CT molecular complexity index is 729. The Morgan fingerprint density at radius 2 is 2.14 bits per heavy atom. The molecule has 1 aliphatic carbocycles. The molecule has 3 rings (SSSR count). The molecular formula is C16H20N2O3. The molecule has 0 spiro atoms. The number of H-pyrrole nitrogens is 1. The third kappa shape index (κ3) is 2.37. The monoisotopic (exact) mass is 288 g/mol. The molecule has 1 aliphatic rings. The maximum atomic E-state index is 12.3. The van der Waals surface area contributed by atoms with E-state index in [9.17, 15) is 9.59 Å². The van der Waals surface area contributed by atoms with Crippen molar-refractivity contribution in [2.24, 2.45) is 5.92 Å². The normalized spacial score (nSPS) is 22.5. The molecule has 0 amide bonds. The molecule has 2 unspecified atom stereocenters. The van der Waals surface area contributed by atoms with Gasteiger partial charge in [-0.2, -0.15) is 0 Å². The van der Waals surface area contributed by atoms with Gasteiger partial charge in [0.15, 0.2) is 0 Å². The summed E-state index contributed by atoms with van der Waals surface area (Å²) in [7, 11) is 0. The molecule has 1 heterocycles. The van der Waals surface area contributed by atoms with Crippen LogP contribution in [0, 0.1) is 5.92 Å². The Morgan fingerprint density at radius 1 is 1.38 bits per heavy atom. The minimum absolute atomic E-state index is 0.127. The van der Waals surface area contributed by atoms with Gasteiger partial charge in [-0.3, -0.25) is 4.57 Å². The summed E-state index contributed by atoms with van der Waals surface area (Å²) in [5, 5.41) is 9.15. The summed E-state index contributed by atoms with van der Waals surface area (Å²) in [6.07, 6.45) is 5.51. The molecule has 1 aromatic heterocycles. The number of imidazole rings is 1. The van der Waals surface area contributed by atoms with Gasteiger partial charge in [0.05, 0.1) is 16.6 Å². The number of rotatable bonds is 3. The van der Waals surface area contributed by atoms with E-state index in [2.05, 4.69) is 11.9 Å². The second-order valence-corrected chi connectivity index (χ2v) is 5.86. The van der Waals surface area contributed by atoms with Gasteiger partial charge in [0.2, 0.25) is 0 Å². The third-order valence-electron chi connectivity index (χ3n) is 4.69. The van der Waals surface area contributed by atoms with Crippen LogP contribution in [0.3, 0.4) is 0 Å². The van der Waals surface area contributed by atoms with Crippen LogP contribution in [-0.4, -0.2) is 20.6 Å². The first-order valence-electron chi connectivity index (χ1n) is 7.59. The van der Waals surface area contributed by atoms with E-state index in [4.69, 9.17) is 5.11 Å². The lowest BCUT2D eigenvalue weighted by atomic mass is 9.82. The van der Waals surface area contributed by atoms with E-state index in [0.29, 0.717) is 17.0 Å². The molecule has 112 valence electrons. The van der Waals surface area contributed by atoms with Gasteiger partial charge in [-0.05, 0) is 37.0 Å². The van der Waals surface area contributed by atoms with Crippen LogP contribution in [0.15, 0.2) is 23.0 Å². The number of carboxylic acids is 1. The minimum Gasteiger partial charge on any atom is -0.478 e. The molecule has 1 aromatic carbocycles. The van der Waals surface area contributed by atoms with Crippen molar-refractivity contribution in [2.45, 2.75) is 45.1 Å². The Kier molecular flexibility index (Phi) is 3.57. The lowest BCUT2D eigenvalue weighted by Gasteiger charge is -2.31. The van der Waals surface area contributed by atoms with Gasteiger partial charge < -0.3 is 10.1 Å². The standard InChI is InChI=1S/C16H20N2O3/c1-2-10-5-3-4-6-13(10)18-14-9-11(15(19)20)7-8-12(14)17-16(18)21/h7-10,13H,2-6H2,1H3,(H,17,21)(H,19,20). The van der Waals surface area contributed by atoms with Gasteiger partial charge in [-0.25, -0.2) is 9.59 Å². The molecule has 21 heavy (non-hydrogen) atoms. The fourth-order valence-corrected chi connectivity index (χ4v) is 3.59. The number of aromatic carboxylic acids is 1. The van der Waals surface area contributed by atoms with Crippen LogP contribution >= 0.6 is 0 Å². The van der Waals surface area contributed by atoms with Gasteiger partial charge in [0.1, 0.15) is 0 Å². The minimum atomic E-state index is -0.965. The fraction of sp³-hybridized carbons (Fsp3) is 0.500. The molecule has 1 fully saturated rings. The van der Waals surface area contributed by atoms with Gasteiger partial charge in [-0.15, -0.1) is 0 Å². The summed E-state index contributed by atoms with van der Waals surface area (Å²) in [6, 6.07) is 4.99. The highest BCUT2D eigenvalue weighted by Gasteiger charge is 2.28. The predicted molar refractivity (Wildman–Crippen MR) is 80.8 cm³/mol. The van der Waals surface area contributed by atoms with Crippen LogP contribution < -0.4 is 5.69 Å². The van der Waals surface area contributed by atoms with Crippen LogP contribution in [0.2, 0.25) is 0 Å². The van der Waals surface area contributed by atoms with Crippen LogP contribution in [0.4, 0.5) is 0 Å². The summed E-state index contributed by atoms with van der Waals surface area (Å²) in [4.78, 5) is 26.4. The van der Waals surface area contributed by atoms with Crippen molar-refractivity contribution in [3.8, 4) is 0 Å². The van der Waals surface area contributed by atoms with E-state index in [0.717, 1.165) is 25.7 Å². The van der Waals surface area contributed by atoms with Gasteiger partial charge in [0, 0.05) is 6.04 Å². The molecule has 0 bridgehead atoms. The number of hydrogen-bond donors (Lipinski definition) is 2. The van der Waals surface area contributed by atoms with Crippen LogP contribution in [0.5, 0.6) is 0 Å². The van der Waals surface area contributed by atoms with E-state index < -0.39 is 5.97 Å². The first kappa shape index (κ1) is 13.9. The van der Waals surface area contributed by atoms with E-state index in [1.807, 2.05) is 0 Å². The lowest BCUT2D eigenvalue weighted by Crippen LogP contribution is -2.30. The van der Waals surface area contributed by atoms with Crippen LogP contribution in [0.25, 0.3) is 11.0 Å². The van der Waals surface area contributed by atoms with Crippen LogP contribution in [0.1, 0.15) is 55.4 Å². The van der Waals surface area contributed by atoms with Gasteiger partial charge in [0.25, 0.3) is 0 Å². The molecule has 2 N–H and O–H groups in total. The number of fused-ring (bicyclic) bond motifs is 1. The molecule has 0 radical (unpaired) electrons. The summed E-state index contributed by atoms with van der Waals surface area (Å²) in [5.41, 5.74) is 1.52. The fourth-order valence-electron chi connectivity index (χ4n) is 3.59. The Labute approximate surface area is 122 Å². The second kappa shape index (κ2) is 5.39. The van der Waals surface area contributed by atoms with Crippen LogP contribution in [-0.2, 0) is 0 Å². The van der Waals surface area contributed by atoms with Crippen molar-refractivity contribution in [2.75, 3.05) is 0 Å². The number of nitrogens with one attached hydrogen (secondary N) is 1. The molecule has 0 aliphatic heterocycles. The zero-order chi connectivity index (χ0) is 15.0. The van der Waals surface area contributed by atoms with Crippen molar-refractivity contribution in [1.29, 1.82) is 0 Å². The highest BCUT2D eigenvalue weighted by Crippen LogP contribution is 2.36. The molecule has 0 saturated heterocycles. The molecular weight excluding hydrogens is 268 g/mol. The predicted octanol–water partition coefficient (Wildman–Crippen LogP) is 3.17.